The van der Waals surface area contributed by atoms with Crippen molar-refractivity contribution in [3.8, 4) is 11.3 Å². The lowest BCUT2D eigenvalue weighted by Crippen LogP contribution is -2.58. The zero-order valence-electron chi connectivity index (χ0n) is 30.4. The van der Waals surface area contributed by atoms with Crippen LogP contribution >= 0.6 is 0 Å². The summed E-state index contributed by atoms with van der Waals surface area (Å²) in [5.41, 5.74) is 5.54. The average molecular weight is 689 g/mol. The van der Waals surface area contributed by atoms with Gasteiger partial charge in [0.15, 0.2) is 0 Å². The molecule has 0 aliphatic carbocycles. The molecular formula is C38H52N6O6. The van der Waals surface area contributed by atoms with Gasteiger partial charge >= 0.3 is 12.2 Å². The molecule has 3 rings (SSSR count). The zero-order valence-corrected chi connectivity index (χ0v) is 30.4. The van der Waals surface area contributed by atoms with Gasteiger partial charge in [-0.05, 0) is 46.9 Å². The van der Waals surface area contributed by atoms with Crippen LogP contribution in [0.5, 0.6) is 0 Å². The SMILES string of the molecule is COC(=O)NC(C(=O)N[C@H](CCN(Cc1ccc(-c2ccccn2)cc1)NC(=O)[C@H](NC(=O)OC)C(C)(C)C)Cc1ccccc1)C(C)(C)C. The number of hydrazine groups is 1. The largest absolute Gasteiger partial charge is 0.453 e. The molecule has 3 aromatic rings. The minimum Gasteiger partial charge on any atom is -0.453 e. The molecule has 0 radical (unpaired) electrons. The van der Waals surface area contributed by atoms with Crippen LogP contribution < -0.4 is 21.4 Å². The number of alkyl carbamates (subject to hydrolysis) is 2. The van der Waals surface area contributed by atoms with Gasteiger partial charge in [-0.3, -0.25) is 20.0 Å². The fraction of sp³-hybridized carbons (Fsp3) is 0.447. The highest BCUT2D eigenvalue weighted by molar-refractivity contribution is 5.87. The molecule has 1 unspecified atom stereocenters. The van der Waals surface area contributed by atoms with Crippen LogP contribution in [0.1, 0.15) is 59.1 Å². The molecule has 0 saturated carbocycles. The fourth-order valence-electron chi connectivity index (χ4n) is 5.35. The predicted octanol–water partition coefficient (Wildman–Crippen LogP) is 5.24. The van der Waals surface area contributed by atoms with E-state index in [2.05, 4.69) is 26.4 Å². The highest BCUT2D eigenvalue weighted by atomic mass is 16.5. The number of hydrogen-bond acceptors (Lipinski definition) is 8. The molecule has 50 heavy (non-hydrogen) atoms. The van der Waals surface area contributed by atoms with Crippen LogP contribution in [0.4, 0.5) is 9.59 Å². The Morgan fingerprint density at radius 2 is 1.26 bits per heavy atom. The minimum atomic E-state index is -0.902. The van der Waals surface area contributed by atoms with Crippen molar-refractivity contribution in [3.05, 3.63) is 90.1 Å². The van der Waals surface area contributed by atoms with Gasteiger partial charge in [-0.2, -0.15) is 0 Å². The molecule has 0 saturated heterocycles. The molecule has 2 aromatic carbocycles. The van der Waals surface area contributed by atoms with Crippen molar-refractivity contribution in [3.63, 3.8) is 0 Å². The third-order valence-electron chi connectivity index (χ3n) is 8.13. The molecule has 0 bridgehead atoms. The van der Waals surface area contributed by atoms with E-state index in [0.717, 1.165) is 22.4 Å². The Balaban J connectivity index is 1.90. The highest BCUT2D eigenvalue weighted by Crippen LogP contribution is 2.22. The Hall–Kier alpha value is -4.97. The number of carbonyl (C=O) groups is 4. The summed E-state index contributed by atoms with van der Waals surface area (Å²) in [6, 6.07) is 21.3. The maximum atomic E-state index is 13.8. The molecule has 4 N–H and O–H groups in total. The summed E-state index contributed by atoms with van der Waals surface area (Å²) >= 11 is 0. The van der Waals surface area contributed by atoms with Crippen molar-refractivity contribution >= 4 is 24.0 Å². The van der Waals surface area contributed by atoms with Crippen LogP contribution in [0, 0.1) is 10.8 Å². The number of nitrogens with zero attached hydrogens (tertiary/aromatic N) is 2. The first-order valence-corrected chi connectivity index (χ1v) is 16.7. The quantitative estimate of drug-likeness (QED) is 0.168. The third-order valence-corrected chi connectivity index (χ3v) is 8.13. The number of pyridine rings is 1. The smallest absolute Gasteiger partial charge is 0.407 e. The van der Waals surface area contributed by atoms with Gasteiger partial charge in [-0.1, -0.05) is 102 Å². The molecule has 12 nitrogen and oxygen atoms in total. The summed E-state index contributed by atoms with van der Waals surface area (Å²) in [4.78, 5) is 56.3. The molecule has 1 aromatic heterocycles. The fourth-order valence-corrected chi connectivity index (χ4v) is 5.35. The van der Waals surface area contributed by atoms with Crippen LogP contribution in [0.2, 0.25) is 0 Å². The van der Waals surface area contributed by atoms with Crippen LogP contribution in [-0.4, -0.2) is 72.9 Å². The van der Waals surface area contributed by atoms with E-state index in [4.69, 9.17) is 9.47 Å². The second-order valence-corrected chi connectivity index (χ2v) is 14.4. The Morgan fingerprint density at radius 1 is 0.700 bits per heavy atom. The van der Waals surface area contributed by atoms with Crippen molar-refractivity contribution in [2.75, 3.05) is 20.8 Å². The lowest BCUT2D eigenvalue weighted by Gasteiger charge is -2.34. The average Bonchev–Trinajstić information content (AvgIpc) is 3.08. The zero-order chi connectivity index (χ0) is 36.9. The van der Waals surface area contributed by atoms with E-state index in [1.54, 1.807) is 11.2 Å². The summed E-state index contributed by atoms with van der Waals surface area (Å²) in [5.74, 6) is -0.758. The van der Waals surface area contributed by atoms with E-state index in [-0.39, 0.29) is 11.9 Å². The molecule has 0 spiro atoms. The predicted molar refractivity (Wildman–Crippen MR) is 192 cm³/mol. The summed E-state index contributed by atoms with van der Waals surface area (Å²) in [6.45, 7) is 11.8. The van der Waals surface area contributed by atoms with Crippen molar-refractivity contribution in [1.29, 1.82) is 0 Å². The molecule has 0 aliphatic rings. The van der Waals surface area contributed by atoms with Gasteiger partial charge in [0.2, 0.25) is 5.91 Å². The van der Waals surface area contributed by atoms with Gasteiger partial charge in [-0.15, -0.1) is 0 Å². The number of benzene rings is 2. The normalized spacial score (nSPS) is 13.4. The topological polar surface area (TPSA) is 151 Å². The van der Waals surface area contributed by atoms with E-state index in [1.807, 2.05) is 114 Å². The number of rotatable bonds is 14. The number of aromatic nitrogens is 1. The van der Waals surface area contributed by atoms with Gasteiger partial charge in [-0.25, -0.2) is 14.6 Å². The van der Waals surface area contributed by atoms with E-state index < -0.39 is 41.0 Å². The van der Waals surface area contributed by atoms with E-state index in [0.29, 0.717) is 25.9 Å². The summed E-state index contributed by atoms with van der Waals surface area (Å²) in [7, 11) is 2.51. The van der Waals surface area contributed by atoms with Gasteiger partial charge in [0.25, 0.3) is 5.91 Å². The molecule has 270 valence electrons. The van der Waals surface area contributed by atoms with Crippen molar-refractivity contribution in [2.45, 2.75) is 79.1 Å². The first-order chi connectivity index (χ1) is 23.6. The van der Waals surface area contributed by atoms with E-state index in [1.165, 1.54) is 14.2 Å². The molecule has 4 amide bonds. The summed E-state index contributed by atoms with van der Waals surface area (Å²) in [6.07, 6.45) is 1.28. The second kappa shape index (κ2) is 18.1. The van der Waals surface area contributed by atoms with Gasteiger partial charge in [0, 0.05) is 30.9 Å². The van der Waals surface area contributed by atoms with Crippen molar-refractivity contribution in [2.24, 2.45) is 10.8 Å². The first-order valence-electron chi connectivity index (χ1n) is 16.7. The summed E-state index contributed by atoms with van der Waals surface area (Å²) < 4.78 is 9.59. The molecule has 12 heteroatoms. The maximum absolute atomic E-state index is 13.8. The number of carbonyl (C=O) groups excluding carboxylic acids is 4. The number of methoxy groups -OCH3 is 2. The van der Waals surface area contributed by atoms with Crippen LogP contribution in [0.15, 0.2) is 79.0 Å². The molecule has 1 heterocycles. The van der Waals surface area contributed by atoms with Crippen LogP contribution in [0.25, 0.3) is 11.3 Å². The Bertz CT molecular complexity index is 1540. The lowest BCUT2D eigenvalue weighted by atomic mass is 9.86. The highest BCUT2D eigenvalue weighted by Gasteiger charge is 2.36. The van der Waals surface area contributed by atoms with Gasteiger partial charge in [0.1, 0.15) is 12.1 Å². The monoisotopic (exact) mass is 688 g/mol. The van der Waals surface area contributed by atoms with Crippen LogP contribution in [-0.2, 0) is 32.0 Å². The molecule has 0 fully saturated rings. The van der Waals surface area contributed by atoms with Crippen molar-refractivity contribution < 1.29 is 28.7 Å². The van der Waals surface area contributed by atoms with Crippen molar-refractivity contribution in [1.82, 2.24) is 31.4 Å². The lowest BCUT2D eigenvalue weighted by molar-refractivity contribution is -0.131. The Morgan fingerprint density at radius 3 is 1.78 bits per heavy atom. The second-order valence-electron chi connectivity index (χ2n) is 14.4. The maximum Gasteiger partial charge on any atom is 0.407 e. The standard InChI is InChI=1S/C38H52N6O6/c1-37(2,3)31(41-35(47)49-7)33(45)40-29(24-26-14-10-9-11-15-26)21-23-44(43-34(46)32(38(4,5)6)42-36(48)50-8)25-27-17-19-28(20-18-27)30-16-12-13-22-39-30/h9-20,22,29,31-32H,21,23-25H2,1-8H3,(H,40,45)(H,41,47)(H,42,48)(H,43,46)/t29-,31?,32+/m1/s1. The van der Waals surface area contributed by atoms with Crippen LogP contribution in [0.3, 0.4) is 0 Å². The van der Waals surface area contributed by atoms with Gasteiger partial charge < -0.3 is 25.4 Å². The Kier molecular flexibility index (Phi) is 14.3. The molecular weight excluding hydrogens is 636 g/mol. The van der Waals surface area contributed by atoms with Gasteiger partial charge in [0.05, 0.1) is 19.9 Å². The number of nitrogens with one attached hydrogen (secondary N) is 4. The molecule has 0 aliphatic heterocycles. The molecule has 3 atom stereocenters. The van der Waals surface area contributed by atoms with E-state index >= 15 is 0 Å². The number of hydrogen-bond donors (Lipinski definition) is 4. The summed E-state index contributed by atoms with van der Waals surface area (Å²) in [5, 5.41) is 10.3. The number of amides is 4. The minimum absolute atomic E-state index is 0.337. The first kappa shape index (κ1) is 39.5. The number of ether oxygens (including phenoxy) is 2. The Labute approximate surface area is 295 Å². The van der Waals surface area contributed by atoms with E-state index in [9.17, 15) is 19.2 Å². The third kappa shape index (κ3) is 12.5.